The number of rotatable bonds is 6. The predicted molar refractivity (Wildman–Crippen MR) is 399 cm³/mol. The highest BCUT2D eigenvalue weighted by Gasteiger charge is 2.20. The highest BCUT2D eigenvalue weighted by molar-refractivity contribution is 5.67. The van der Waals surface area contributed by atoms with Gasteiger partial charge >= 0.3 is 0 Å². The largest absolute Gasteiger partial charge is 0.215 e. The van der Waals surface area contributed by atoms with Crippen LogP contribution in [0.25, 0.3) is 67.5 Å². The van der Waals surface area contributed by atoms with Gasteiger partial charge in [-0.25, -0.2) is 18.3 Å². The first-order chi connectivity index (χ1) is 52.4. The third kappa shape index (κ3) is 19.0. The quantitative estimate of drug-likeness (QED) is 0.148. The first-order valence-corrected chi connectivity index (χ1v) is 31.8. The van der Waals surface area contributed by atoms with Gasteiger partial charge in [0.25, 0.3) is 0 Å². The number of hydrogen-bond donors (Lipinski definition) is 0. The minimum Gasteiger partial charge on any atom is -0.201 e. The van der Waals surface area contributed by atoms with Crippen molar-refractivity contribution >= 4 is 0 Å². The lowest BCUT2D eigenvalue weighted by molar-refractivity contribution is -0.666. The molecule has 12 aromatic rings. The molecule has 6 aromatic heterocycles. The zero-order chi connectivity index (χ0) is 84.4. The van der Waals surface area contributed by atoms with Gasteiger partial charge in [0.2, 0.25) is 34.2 Å². The predicted octanol–water partition coefficient (Wildman–Crippen LogP) is 18.3. The second kappa shape index (κ2) is 33.4. The highest BCUT2D eigenvalue weighted by Crippen LogP contribution is 2.28. The van der Waals surface area contributed by atoms with Crippen molar-refractivity contribution in [3.8, 4) is 67.5 Å². The molecule has 486 valence electrons. The second-order valence-corrected chi connectivity index (χ2v) is 24.6. The van der Waals surface area contributed by atoms with E-state index < -0.39 is 41.1 Å². The van der Waals surface area contributed by atoms with Crippen LogP contribution in [0.1, 0.15) is 120 Å². The average Bonchev–Trinajstić information content (AvgIpc) is 0.785. The molecule has 6 nitrogen and oxygen atoms in total. The van der Waals surface area contributed by atoms with Crippen LogP contribution in [-0.4, -0.2) is 0 Å². The summed E-state index contributed by atoms with van der Waals surface area (Å²) in [7, 11) is 11.7. The Morgan fingerprint density at radius 2 is 0.695 bits per heavy atom. The fraction of sp³-hybridized carbons (Fsp3) is 0.258. The zero-order valence-electron chi connectivity index (χ0n) is 76.5. The lowest BCUT2D eigenvalue weighted by Gasteiger charge is -2.08. The molecule has 0 aliphatic heterocycles. The van der Waals surface area contributed by atoms with Gasteiger partial charge in [-0.05, 0) is 208 Å². The maximum atomic E-state index is 7.62. The van der Waals surface area contributed by atoms with Gasteiger partial charge in [-0.2, -0.15) is 9.13 Å². The Labute approximate surface area is 596 Å². The molecule has 0 saturated carbocycles. The number of pyridine rings is 6. The molecule has 0 amide bonds. The summed E-state index contributed by atoms with van der Waals surface area (Å²) in [6, 6.07) is 63.8. The first kappa shape index (κ1) is 50.7. The van der Waals surface area contributed by atoms with Crippen LogP contribution in [0.3, 0.4) is 0 Å². The van der Waals surface area contributed by atoms with Gasteiger partial charge in [-0.1, -0.05) is 108 Å². The third-order valence-corrected chi connectivity index (χ3v) is 17.2. The summed E-state index contributed by atoms with van der Waals surface area (Å²) in [4.78, 5) is 0. The maximum Gasteiger partial charge on any atom is 0.215 e. The molecule has 6 heterocycles. The van der Waals surface area contributed by atoms with Crippen molar-refractivity contribution in [1.82, 2.24) is 0 Å². The molecule has 0 aliphatic rings. The molecular formula is C89H106N6+6. The minimum absolute atomic E-state index is 0.274. The lowest BCUT2D eigenvalue weighted by atomic mass is 9.99. The van der Waals surface area contributed by atoms with Crippen LogP contribution >= 0.6 is 0 Å². The van der Waals surface area contributed by atoms with Crippen LogP contribution in [0.5, 0.6) is 0 Å². The molecule has 0 saturated heterocycles. The standard InChI is InChI=1S/5C15H18N.C14H16N/c1-11-5-7-14(13(3)9-11)15-8-6-12(2)10-16(15)4;1-11-8-9-14(12(2)10-11)15-7-5-6-13(3)16(15)4;1-11-9-13(3)16(4)15(10-11)14-8-6-5-7-12(14)2;1-11-7-5-6-8-14(11)15-9-12(2)13(3)10-16(15)4;1-11-9-10-16(4)15(13(11)3)14-8-6-5-7-12(14)2;1-11-7-8-13(12(2)10-11)14-6-4-5-9-15(14)3/h5*5-10H,1-4H3;4-10H,1-3H3/q6*+1/i1D3,2D3;1D3;;3D3;2*1D3. The van der Waals surface area contributed by atoms with Crippen LogP contribution in [0.15, 0.2) is 225 Å². The van der Waals surface area contributed by atoms with Gasteiger partial charge < -0.3 is 0 Å². The van der Waals surface area contributed by atoms with Crippen LogP contribution < -0.4 is 27.4 Å². The second-order valence-electron chi connectivity index (χ2n) is 24.6. The SMILES string of the molecule is Cc1cc(C)[n+](C)c(-c2ccccc2C)c1.[2H]C([2H])([2H])c1c[n+](C)c(-c2ccccc2C)cc1C.[2H]C([2H])([2H])c1cc[n+](C)c(-c2ccccc2C)c1C.[2H]C([2H])([2H])c1ccc(-c2ccc(C([2H])([2H])[2H])c[n+]2C)c(C)c1.[2H]C([2H])([2H])c1ccc(-c2cccc(C)[n+]2C)c(C)c1.[2H]C([2H])([2H])c1ccc(-c2cccc[n+]2C)c(C)c1. The maximum absolute atomic E-state index is 7.62. The van der Waals surface area contributed by atoms with Crippen molar-refractivity contribution in [2.45, 2.75) is 117 Å². The van der Waals surface area contributed by atoms with Crippen molar-refractivity contribution in [2.24, 2.45) is 42.3 Å². The summed E-state index contributed by atoms with van der Waals surface area (Å²) in [5, 5.41) is 0. The van der Waals surface area contributed by atoms with Crippen LogP contribution in [-0.2, 0) is 42.3 Å². The van der Waals surface area contributed by atoms with Crippen LogP contribution in [0, 0.1) is 117 Å². The Morgan fingerprint density at radius 3 is 1.20 bits per heavy atom. The Balaban J connectivity index is 0.000000188. The molecular weight excluding hydrogens is 1150 g/mol. The lowest BCUT2D eigenvalue weighted by Crippen LogP contribution is -2.34. The number of aryl methyl sites for hydroxylation is 20. The van der Waals surface area contributed by atoms with Crippen molar-refractivity contribution in [2.75, 3.05) is 0 Å². The number of nitrogens with zero attached hydrogens (tertiary/aromatic N) is 6. The third-order valence-electron chi connectivity index (χ3n) is 17.2. The van der Waals surface area contributed by atoms with E-state index in [0.717, 1.165) is 95.4 Å². The molecule has 0 unspecified atom stereocenters. The molecule has 0 N–H and O–H groups in total. The van der Waals surface area contributed by atoms with Gasteiger partial charge in [-0.15, -0.1) is 0 Å². The van der Waals surface area contributed by atoms with E-state index >= 15 is 0 Å². The van der Waals surface area contributed by atoms with Crippen molar-refractivity contribution in [1.29, 1.82) is 0 Å². The molecule has 0 spiro atoms. The van der Waals surface area contributed by atoms with Gasteiger partial charge in [-0.3, -0.25) is 0 Å². The molecule has 0 radical (unpaired) electrons. The summed E-state index contributed by atoms with van der Waals surface area (Å²) < 4.78 is 147. The smallest absolute Gasteiger partial charge is 0.201 e. The molecule has 12 rings (SSSR count). The van der Waals surface area contributed by atoms with Gasteiger partial charge in [0, 0.05) is 143 Å². The molecule has 6 heteroatoms. The summed E-state index contributed by atoms with van der Waals surface area (Å²) in [5.74, 6) is 0. The Morgan fingerprint density at radius 1 is 0.242 bits per heavy atom. The van der Waals surface area contributed by atoms with E-state index in [1.54, 1.807) is 84.7 Å². The number of aromatic nitrogens is 6. The number of benzene rings is 6. The van der Waals surface area contributed by atoms with E-state index in [9.17, 15) is 0 Å². The van der Waals surface area contributed by atoms with E-state index in [-0.39, 0.29) is 5.56 Å². The van der Waals surface area contributed by atoms with Gasteiger partial charge in [0.15, 0.2) is 36.2 Å². The fourth-order valence-electron chi connectivity index (χ4n) is 11.5. The van der Waals surface area contributed by atoms with Gasteiger partial charge in [0.05, 0.1) is 0 Å². The van der Waals surface area contributed by atoms with E-state index in [2.05, 4.69) is 105 Å². The molecule has 0 fully saturated rings. The highest BCUT2D eigenvalue weighted by atomic mass is 15.0. The van der Waals surface area contributed by atoms with E-state index in [1.807, 2.05) is 181 Å². The molecule has 0 aliphatic carbocycles. The van der Waals surface area contributed by atoms with Crippen molar-refractivity contribution in [3.63, 3.8) is 0 Å². The fourth-order valence-corrected chi connectivity index (χ4v) is 11.5. The van der Waals surface area contributed by atoms with Crippen molar-refractivity contribution < 1.29 is 52.1 Å². The first-order valence-electron chi connectivity index (χ1n) is 40.8. The molecule has 95 heavy (non-hydrogen) atoms. The van der Waals surface area contributed by atoms with E-state index in [1.165, 1.54) is 33.6 Å². The Hall–Kier alpha value is -9.78. The van der Waals surface area contributed by atoms with Crippen LogP contribution in [0.2, 0.25) is 0 Å². The molecule has 6 aromatic carbocycles. The summed E-state index contributed by atoms with van der Waals surface area (Å²) in [6.45, 7) is 9.58. The summed E-state index contributed by atoms with van der Waals surface area (Å²) in [5.41, 5.74) is 26.8. The zero-order valence-corrected chi connectivity index (χ0v) is 58.5. The normalized spacial score (nSPS) is 14.1. The number of hydrogen-bond acceptors (Lipinski definition) is 0. The Kier molecular flexibility index (Phi) is 17.8. The monoisotopic (exact) mass is 1280 g/mol. The average molecular weight is 1280 g/mol. The summed E-state index contributed by atoms with van der Waals surface area (Å²) >= 11 is 0. The van der Waals surface area contributed by atoms with E-state index in [4.69, 9.17) is 24.7 Å². The van der Waals surface area contributed by atoms with Crippen molar-refractivity contribution in [3.05, 3.63) is 320 Å². The Bertz CT molecular complexity index is 5290. The molecule has 0 bridgehead atoms. The topological polar surface area (TPSA) is 23.3 Å². The minimum atomic E-state index is -2.14. The van der Waals surface area contributed by atoms with Crippen LogP contribution in [0.4, 0.5) is 0 Å². The van der Waals surface area contributed by atoms with E-state index in [0.29, 0.717) is 27.8 Å². The molecule has 0 atom stereocenters. The van der Waals surface area contributed by atoms with Gasteiger partial charge in [0.1, 0.15) is 42.3 Å². The summed E-state index contributed by atoms with van der Waals surface area (Å²) in [6.07, 6.45) is 7.09.